The molecule has 148 valence electrons. The smallest absolute Gasteiger partial charge is 0.243 e. The summed E-state index contributed by atoms with van der Waals surface area (Å²) < 4.78 is 19.9. The fourth-order valence-electron chi connectivity index (χ4n) is 3.04. The van der Waals surface area contributed by atoms with Crippen LogP contribution in [0.25, 0.3) is 11.0 Å². The van der Waals surface area contributed by atoms with Crippen LogP contribution in [-0.4, -0.2) is 15.0 Å². The molecular weight excluding hydrogens is 391 g/mol. The maximum atomic E-state index is 13.7. The molecule has 2 aromatic heterocycles. The number of fused-ring (bicyclic) bond motifs is 1. The Labute approximate surface area is 172 Å². The molecule has 0 unspecified atom stereocenters. The summed E-state index contributed by atoms with van der Waals surface area (Å²) >= 11 is 5.84. The number of ether oxygens (including phenoxy) is 1. The van der Waals surface area contributed by atoms with Crippen LogP contribution in [-0.2, 0) is 5.41 Å². The number of hydrogen-bond donors (Lipinski definition) is 2. The van der Waals surface area contributed by atoms with E-state index >= 15 is 0 Å². The third-order valence-corrected chi connectivity index (χ3v) is 4.74. The summed E-state index contributed by atoms with van der Waals surface area (Å²) in [4.78, 5) is 11.8. The summed E-state index contributed by atoms with van der Waals surface area (Å²) in [5.41, 5.74) is 2.72. The minimum atomic E-state index is -0.501. The number of nitrogens with one attached hydrogen (secondary N) is 2. The maximum Gasteiger partial charge on any atom is 0.243 e. The first-order valence-electron chi connectivity index (χ1n) is 9.15. The second-order valence-corrected chi connectivity index (χ2v) is 8.11. The molecule has 4 rings (SSSR count). The number of rotatable bonds is 4. The molecule has 0 radical (unpaired) electrons. The van der Waals surface area contributed by atoms with Crippen LogP contribution in [0.15, 0.2) is 54.7 Å². The predicted octanol–water partition coefficient (Wildman–Crippen LogP) is 6.58. The minimum Gasteiger partial charge on any atom is -0.437 e. The van der Waals surface area contributed by atoms with E-state index < -0.39 is 5.82 Å². The highest BCUT2D eigenvalue weighted by atomic mass is 35.5. The highest BCUT2D eigenvalue weighted by molar-refractivity contribution is 6.31. The molecule has 29 heavy (non-hydrogen) atoms. The Bertz CT molecular complexity index is 1140. The van der Waals surface area contributed by atoms with Crippen molar-refractivity contribution >= 4 is 34.3 Å². The largest absolute Gasteiger partial charge is 0.437 e. The van der Waals surface area contributed by atoms with Gasteiger partial charge in [-0.1, -0.05) is 50.6 Å². The number of aromatic nitrogens is 3. The molecule has 0 atom stereocenters. The Hall–Kier alpha value is -3.12. The van der Waals surface area contributed by atoms with Crippen molar-refractivity contribution in [3.05, 3.63) is 71.1 Å². The molecule has 0 aliphatic rings. The summed E-state index contributed by atoms with van der Waals surface area (Å²) in [6.07, 6.45) is 1.66. The highest BCUT2D eigenvalue weighted by Gasteiger charge is 2.20. The van der Waals surface area contributed by atoms with Gasteiger partial charge >= 0.3 is 0 Å². The van der Waals surface area contributed by atoms with E-state index in [4.69, 9.17) is 16.3 Å². The van der Waals surface area contributed by atoms with Gasteiger partial charge in [0.05, 0.1) is 16.1 Å². The van der Waals surface area contributed by atoms with Gasteiger partial charge in [-0.15, -0.1) is 0 Å². The first kappa shape index (κ1) is 19.2. The van der Waals surface area contributed by atoms with Crippen molar-refractivity contribution in [2.45, 2.75) is 26.2 Å². The van der Waals surface area contributed by atoms with Crippen LogP contribution in [0.4, 0.5) is 16.0 Å². The number of imidazole rings is 1. The molecule has 0 bridgehead atoms. The fraction of sp³-hybridized carbons (Fsp3) is 0.182. The van der Waals surface area contributed by atoms with E-state index in [2.05, 4.69) is 41.0 Å². The molecule has 2 heterocycles. The normalized spacial score (nSPS) is 11.6. The Morgan fingerprint density at radius 2 is 1.90 bits per heavy atom. The molecule has 5 nitrogen and oxygen atoms in total. The zero-order valence-corrected chi connectivity index (χ0v) is 17.0. The number of anilines is 2. The lowest BCUT2D eigenvalue weighted by Crippen LogP contribution is -2.12. The second kappa shape index (κ2) is 7.37. The van der Waals surface area contributed by atoms with Gasteiger partial charge in [0.2, 0.25) is 11.8 Å². The van der Waals surface area contributed by atoms with Gasteiger partial charge in [-0.05, 0) is 29.7 Å². The molecule has 0 saturated heterocycles. The average Bonchev–Trinajstić information content (AvgIpc) is 3.04. The number of halogens is 2. The van der Waals surface area contributed by atoms with Crippen LogP contribution in [0.1, 0.15) is 26.3 Å². The van der Waals surface area contributed by atoms with Crippen LogP contribution < -0.4 is 10.1 Å². The lowest BCUT2D eigenvalue weighted by Gasteiger charge is -2.22. The van der Waals surface area contributed by atoms with Crippen LogP contribution in [0.5, 0.6) is 11.6 Å². The first-order chi connectivity index (χ1) is 13.8. The minimum absolute atomic E-state index is 0.0275. The average molecular weight is 411 g/mol. The van der Waals surface area contributed by atoms with E-state index in [1.54, 1.807) is 12.3 Å². The lowest BCUT2D eigenvalue weighted by atomic mass is 9.86. The molecule has 0 spiro atoms. The molecule has 4 aromatic rings. The quantitative estimate of drug-likeness (QED) is 0.398. The monoisotopic (exact) mass is 410 g/mol. The molecule has 0 fully saturated rings. The van der Waals surface area contributed by atoms with E-state index in [1.165, 1.54) is 12.1 Å². The van der Waals surface area contributed by atoms with Gasteiger partial charge in [0.1, 0.15) is 17.3 Å². The lowest BCUT2D eigenvalue weighted by molar-refractivity contribution is 0.442. The number of nitrogens with zero attached hydrogens (tertiary/aromatic N) is 2. The summed E-state index contributed by atoms with van der Waals surface area (Å²) in [6, 6.07) is 14.3. The van der Waals surface area contributed by atoms with Gasteiger partial charge in [0, 0.05) is 17.8 Å². The third kappa shape index (κ3) is 4.03. The van der Waals surface area contributed by atoms with Gasteiger partial charge in [-0.2, -0.15) is 0 Å². The van der Waals surface area contributed by atoms with Crippen molar-refractivity contribution in [1.82, 2.24) is 15.0 Å². The standard InChI is InChI=1S/C22H20ClFN4O/c1-22(2,3)13-7-4-5-9-19(13)29-20-16(8-6-10-25-20)26-21-27-17-11-14(23)15(24)12-18(17)28-21/h4-12H,1-3H3,(H2,26,27,28). The van der Waals surface area contributed by atoms with Crippen LogP contribution in [0.3, 0.4) is 0 Å². The van der Waals surface area contributed by atoms with E-state index in [-0.39, 0.29) is 10.4 Å². The number of para-hydroxylation sites is 1. The van der Waals surface area contributed by atoms with Crippen molar-refractivity contribution in [2.75, 3.05) is 5.32 Å². The SMILES string of the molecule is CC(C)(C)c1ccccc1Oc1ncccc1Nc1nc2cc(Cl)c(F)cc2[nH]1. The molecule has 7 heteroatoms. The third-order valence-electron chi connectivity index (χ3n) is 4.45. The summed E-state index contributed by atoms with van der Waals surface area (Å²) in [5, 5.41) is 3.19. The highest BCUT2D eigenvalue weighted by Crippen LogP contribution is 2.36. The Balaban J connectivity index is 1.67. The van der Waals surface area contributed by atoms with Crippen molar-refractivity contribution in [2.24, 2.45) is 0 Å². The van der Waals surface area contributed by atoms with Crippen molar-refractivity contribution < 1.29 is 9.13 Å². The Morgan fingerprint density at radius 3 is 2.69 bits per heavy atom. The molecule has 0 aliphatic heterocycles. The molecular formula is C22H20ClFN4O. The van der Waals surface area contributed by atoms with Gasteiger partial charge in [0.25, 0.3) is 0 Å². The fourth-order valence-corrected chi connectivity index (χ4v) is 3.20. The molecule has 0 saturated carbocycles. The Morgan fingerprint density at radius 1 is 1.10 bits per heavy atom. The van der Waals surface area contributed by atoms with Gasteiger partial charge in [-0.3, -0.25) is 0 Å². The predicted molar refractivity (Wildman–Crippen MR) is 114 cm³/mol. The van der Waals surface area contributed by atoms with Gasteiger partial charge < -0.3 is 15.0 Å². The van der Waals surface area contributed by atoms with Crippen LogP contribution in [0, 0.1) is 5.82 Å². The van der Waals surface area contributed by atoms with Crippen LogP contribution in [0.2, 0.25) is 5.02 Å². The van der Waals surface area contributed by atoms with E-state index in [1.807, 2.05) is 30.3 Å². The summed E-state index contributed by atoms with van der Waals surface area (Å²) in [6.45, 7) is 6.39. The van der Waals surface area contributed by atoms with E-state index in [0.717, 1.165) is 11.3 Å². The topological polar surface area (TPSA) is 62.8 Å². The van der Waals surface area contributed by atoms with E-state index in [0.29, 0.717) is 28.5 Å². The number of hydrogen-bond acceptors (Lipinski definition) is 4. The van der Waals surface area contributed by atoms with E-state index in [9.17, 15) is 4.39 Å². The van der Waals surface area contributed by atoms with Crippen LogP contribution >= 0.6 is 11.6 Å². The number of aromatic amines is 1. The summed E-state index contributed by atoms with van der Waals surface area (Å²) in [5.74, 6) is 1.08. The molecule has 2 N–H and O–H groups in total. The number of benzene rings is 2. The van der Waals surface area contributed by atoms with Crippen molar-refractivity contribution in [3.63, 3.8) is 0 Å². The second-order valence-electron chi connectivity index (χ2n) is 7.70. The van der Waals surface area contributed by atoms with Gasteiger partial charge in [0.15, 0.2) is 0 Å². The maximum absolute atomic E-state index is 13.7. The summed E-state index contributed by atoms with van der Waals surface area (Å²) in [7, 11) is 0. The molecule has 0 aliphatic carbocycles. The number of pyridine rings is 1. The van der Waals surface area contributed by atoms with Crippen molar-refractivity contribution in [1.29, 1.82) is 0 Å². The molecule has 0 amide bonds. The van der Waals surface area contributed by atoms with Crippen molar-refractivity contribution in [3.8, 4) is 11.6 Å². The zero-order chi connectivity index (χ0) is 20.6. The Kier molecular flexibility index (Phi) is 4.88. The first-order valence-corrected chi connectivity index (χ1v) is 9.53. The zero-order valence-electron chi connectivity index (χ0n) is 16.3. The molecule has 2 aromatic carbocycles. The number of H-pyrrole nitrogens is 1. The van der Waals surface area contributed by atoms with Gasteiger partial charge in [-0.25, -0.2) is 14.4 Å².